The normalized spacial score (nSPS) is 27.0. The van der Waals surface area contributed by atoms with Crippen molar-refractivity contribution >= 4 is 34.4 Å². The molecule has 1 fully saturated rings. The summed E-state index contributed by atoms with van der Waals surface area (Å²) in [5.41, 5.74) is 0.813. The number of fused-ring (bicyclic) bond motifs is 1. The van der Waals surface area contributed by atoms with E-state index in [0.717, 1.165) is 10.9 Å². The van der Waals surface area contributed by atoms with Crippen LogP contribution in [0.3, 0.4) is 0 Å². The number of phosphoric acid groups is 3. The smallest absolute Gasteiger partial charge is 0.278 e. The third-order valence-electron chi connectivity index (χ3n) is 3.94. The van der Waals surface area contributed by atoms with Crippen LogP contribution >= 0.6 is 23.5 Å². The van der Waals surface area contributed by atoms with Crippen molar-refractivity contribution in [3.8, 4) is 0 Å². The van der Waals surface area contributed by atoms with Gasteiger partial charge in [0.2, 0.25) is 0 Å². The van der Waals surface area contributed by atoms with E-state index in [1.165, 1.54) is 0 Å². The number of aliphatic hydroxyl groups is 1. The molecule has 1 saturated heterocycles. The zero-order chi connectivity index (χ0) is 21.4. The van der Waals surface area contributed by atoms with E-state index in [1.807, 2.05) is 30.3 Å². The standard InChI is InChI=1S/C13H18NO12P3/c15-11-7-13(14-6-5-9-3-1-2-4-10(9)14)24-12(11)8-23-28(19,20)26-29(21,22)25-27(16,17)18/h1-6,11-13,15H,7-8H2,(H,19,20)(H,21,22)(H2,16,17,18)/p-4/t11-,12+,13+/m0/s1. The second kappa shape index (κ2) is 8.32. The van der Waals surface area contributed by atoms with Gasteiger partial charge in [0.15, 0.2) is 0 Å². The van der Waals surface area contributed by atoms with E-state index in [-0.39, 0.29) is 6.42 Å². The van der Waals surface area contributed by atoms with Gasteiger partial charge in [-0.15, -0.1) is 0 Å². The van der Waals surface area contributed by atoms with Crippen LogP contribution in [0, 0.1) is 0 Å². The summed E-state index contributed by atoms with van der Waals surface area (Å²) in [6, 6.07) is 9.17. The van der Waals surface area contributed by atoms with Gasteiger partial charge in [0.1, 0.15) is 12.3 Å². The molecule has 162 valence electrons. The molecule has 0 saturated carbocycles. The molecule has 5 atom stereocenters. The first-order chi connectivity index (χ1) is 13.4. The maximum Gasteiger partial charge on any atom is 0.278 e. The molecule has 1 N–H and O–H groups in total. The number of aliphatic hydroxyl groups excluding tert-OH is 1. The Hall–Kier alpha value is -0.910. The number of para-hydroxylation sites is 1. The van der Waals surface area contributed by atoms with Crippen LogP contribution in [-0.4, -0.2) is 28.5 Å². The Balaban J connectivity index is 1.61. The number of nitrogens with zero attached hydrogens (tertiary/aromatic N) is 1. The SMILES string of the molecule is O=P([O-])([O-])OP(=O)([O-])OP(=O)([O-])OC[C@H]1O[C@@H](n2ccc3ccccc32)C[C@@H]1O. The zero-order valence-corrected chi connectivity index (χ0v) is 17.0. The molecular formula is C13H14NO12P3-4. The molecule has 2 heterocycles. The van der Waals surface area contributed by atoms with Gasteiger partial charge < -0.3 is 43.1 Å². The van der Waals surface area contributed by atoms with Gasteiger partial charge in [-0.1, -0.05) is 18.2 Å². The number of phosphoric ester groups is 1. The predicted molar refractivity (Wildman–Crippen MR) is 87.4 cm³/mol. The Morgan fingerprint density at radius 1 is 1.07 bits per heavy atom. The highest BCUT2D eigenvalue weighted by Gasteiger charge is 2.36. The second-order valence-corrected chi connectivity index (χ2v) is 10.3. The first-order valence-electron chi connectivity index (χ1n) is 7.96. The van der Waals surface area contributed by atoms with E-state index < -0.39 is 48.5 Å². The lowest BCUT2D eigenvalue weighted by molar-refractivity contribution is -0.339. The van der Waals surface area contributed by atoms with Crippen molar-refractivity contribution in [2.24, 2.45) is 0 Å². The average Bonchev–Trinajstić information content (AvgIpc) is 3.13. The Morgan fingerprint density at radius 2 is 1.76 bits per heavy atom. The number of hydrogen-bond acceptors (Lipinski definition) is 12. The number of rotatable bonds is 8. The minimum atomic E-state index is -6.06. The van der Waals surface area contributed by atoms with Crippen LogP contribution in [0.15, 0.2) is 36.5 Å². The molecule has 1 aliphatic heterocycles. The molecule has 1 aliphatic rings. The highest BCUT2D eigenvalue weighted by atomic mass is 31.3. The summed E-state index contributed by atoms with van der Waals surface area (Å²) in [6.07, 6.45) is -1.15. The molecule has 3 rings (SSSR count). The van der Waals surface area contributed by atoms with Crippen molar-refractivity contribution in [3.05, 3.63) is 36.5 Å². The van der Waals surface area contributed by atoms with Gasteiger partial charge in [0, 0.05) is 12.6 Å². The van der Waals surface area contributed by atoms with Crippen LogP contribution < -0.4 is 19.6 Å². The van der Waals surface area contributed by atoms with E-state index in [0.29, 0.717) is 0 Å². The van der Waals surface area contributed by atoms with E-state index in [4.69, 9.17) is 4.74 Å². The Morgan fingerprint density at radius 3 is 2.45 bits per heavy atom. The van der Waals surface area contributed by atoms with E-state index in [1.54, 1.807) is 10.8 Å². The van der Waals surface area contributed by atoms with Crippen LogP contribution in [0.4, 0.5) is 0 Å². The van der Waals surface area contributed by atoms with Crippen LogP contribution in [0.25, 0.3) is 10.9 Å². The molecule has 16 heteroatoms. The highest BCUT2D eigenvalue weighted by Crippen LogP contribution is 2.60. The molecule has 0 bridgehead atoms. The average molecular weight is 469 g/mol. The molecule has 1 aromatic carbocycles. The monoisotopic (exact) mass is 469 g/mol. The number of benzene rings is 1. The van der Waals surface area contributed by atoms with Crippen molar-refractivity contribution < 1.29 is 56.3 Å². The molecule has 0 radical (unpaired) electrons. The van der Waals surface area contributed by atoms with E-state index in [2.05, 4.69) is 13.1 Å². The van der Waals surface area contributed by atoms with Crippen molar-refractivity contribution in [2.75, 3.05) is 6.61 Å². The maximum atomic E-state index is 11.6. The molecule has 0 spiro atoms. The highest BCUT2D eigenvalue weighted by molar-refractivity contribution is 7.64. The summed E-state index contributed by atoms with van der Waals surface area (Å²) in [4.78, 5) is 43.3. The summed E-state index contributed by atoms with van der Waals surface area (Å²) in [7, 11) is -17.7. The zero-order valence-electron chi connectivity index (χ0n) is 14.3. The third-order valence-corrected chi connectivity index (χ3v) is 7.61. The van der Waals surface area contributed by atoms with Gasteiger partial charge >= 0.3 is 0 Å². The fourth-order valence-electron chi connectivity index (χ4n) is 2.84. The van der Waals surface area contributed by atoms with Gasteiger partial charge in [-0.05, 0) is 17.5 Å². The summed E-state index contributed by atoms with van der Waals surface area (Å²) in [5, 5.41) is 11.0. The van der Waals surface area contributed by atoms with E-state index >= 15 is 0 Å². The van der Waals surface area contributed by atoms with Gasteiger partial charge in [-0.2, -0.15) is 0 Å². The molecule has 13 nitrogen and oxygen atoms in total. The topological polar surface area (TPSA) is 206 Å². The van der Waals surface area contributed by atoms with E-state index in [9.17, 15) is 38.4 Å². The van der Waals surface area contributed by atoms with Gasteiger partial charge in [0.25, 0.3) is 15.6 Å². The third kappa shape index (κ3) is 6.05. The van der Waals surface area contributed by atoms with Gasteiger partial charge in [-0.25, -0.2) is 4.31 Å². The molecule has 0 aliphatic carbocycles. The Bertz CT molecular complexity index is 1020. The lowest BCUT2D eigenvalue weighted by Gasteiger charge is -2.37. The molecule has 0 amide bonds. The van der Waals surface area contributed by atoms with Crippen molar-refractivity contribution in [1.82, 2.24) is 4.57 Å². The molecular weight excluding hydrogens is 455 g/mol. The summed E-state index contributed by atoms with van der Waals surface area (Å²) in [6.45, 7) is -0.829. The summed E-state index contributed by atoms with van der Waals surface area (Å²) < 4.78 is 51.2. The maximum absolute atomic E-state index is 11.6. The van der Waals surface area contributed by atoms with Gasteiger partial charge in [0.05, 0.1) is 26.1 Å². The first kappa shape index (κ1) is 22.8. The summed E-state index contributed by atoms with van der Waals surface area (Å²) >= 11 is 0. The second-order valence-electron chi connectivity index (χ2n) is 6.01. The predicted octanol–water partition coefficient (Wildman–Crippen LogP) is -0.895. The summed E-state index contributed by atoms with van der Waals surface area (Å²) in [5.74, 6) is 0. The molecule has 1 aromatic heterocycles. The van der Waals surface area contributed by atoms with Crippen molar-refractivity contribution in [2.45, 2.75) is 24.9 Å². The van der Waals surface area contributed by atoms with Crippen LogP contribution in [-0.2, 0) is 31.6 Å². The minimum absolute atomic E-state index is 0.0927. The van der Waals surface area contributed by atoms with Crippen LogP contribution in [0.2, 0.25) is 0 Å². The first-order valence-corrected chi connectivity index (χ1v) is 12.3. The molecule has 2 unspecified atom stereocenters. The number of aromatic nitrogens is 1. The fraction of sp³-hybridized carbons (Fsp3) is 0.385. The molecule has 29 heavy (non-hydrogen) atoms. The lowest BCUT2D eigenvalue weighted by Crippen LogP contribution is -2.27. The lowest BCUT2D eigenvalue weighted by atomic mass is 10.2. The number of ether oxygens (including phenoxy) is 1. The van der Waals surface area contributed by atoms with Crippen LogP contribution in [0.5, 0.6) is 0 Å². The van der Waals surface area contributed by atoms with Crippen LogP contribution in [0.1, 0.15) is 12.6 Å². The largest absolute Gasteiger partial charge is 0.790 e. The quantitative estimate of drug-likeness (QED) is 0.467. The Kier molecular flexibility index (Phi) is 6.53. The molecule has 2 aromatic rings. The minimum Gasteiger partial charge on any atom is -0.790 e. The number of hydrogen-bond donors (Lipinski definition) is 1. The van der Waals surface area contributed by atoms with Crippen molar-refractivity contribution in [3.63, 3.8) is 0 Å². The van der Waals surface area contributed by atoms with Crippen molar-refractivity contribution in [1.29, 1.82) is 0 Å². The Labute approximate surface area is 163 Å². The van der Waals surface area contributed by atoms with Gasteiger partial charge in [-0.3, -0.25) is 13.4 Å². The fourth-order valence-corrected chi connectivity index (χ4v) is 5.70.